The van der Waals surface area contributed by atoms with Crippen molar-refractivity contribution in [1.29, 1.82) is 0 Å². The number of amides is 1. The molecule has 1 unspecified atom stereocenters. The van der Waals surface area contributed by atoms with Gasteiger partial charge in [0.25, 0.3) is 5.91 Å². The van der Waals surface area contributed by atoms with Gasteiger partial charge < -0.3 is 0 Å². The molecule has 1 atom stereocenters. The fourth-order valence-corrected chi connectivity index (χ4v) is 4.12. The smallest absolute Gasteiger partial charge is 0.281 e. The average molecular weight is 636 g/mol. The Hall–Kier alpha value is -2.80. The lowest BCUT2D eigenvalue weighted by Crippen LogP contribution is -2.31. The number of hydrogen-bond donors (Lipinski definition) is 2. The minimum atomic E-state index is -5.18. The van der Waals surface area contributed by atoms with Gasteiger partial charge in [0.05, 0.1) is 26.2 Å². The SMILES string of the molecule is Cc1nc(Cl)cc(NNC(=O)c2ccc(C(F)=CC(c3cc(Cl)c(Cl)c(Cl)c3)C(F)(F)F)cc2C(F)(F)F)n1. The number of benzene rings is 2. The lowest BCUT2D eigenvalue weighted by Gasteiger charge is -2.19. The van der Waals surface area contributed by atoms with Crippen molar-refractivity contribution in [2.75, 3.05) is 5.43 Å². The molecule has 2 N–H and O–H groups in total. The van der Waals surface area contributed by atoms with Crippen molar-refractivity contribution in [3.8, 4) is 0 Å². The quantitative estimate of drug-likeness (QED) is 0.123. The summed E-state index contributed by atoms with van der Waals surface area (Å²) in [7, 11) is 0. The molecule has 0 spiro atoms. The molecule has 1 amide bonds. The third-order valence-corrected chi connectivity index (χ3v) is 6.38. The average Bonchev–Trinajstić information content (AvgIpc) is 2.81. The third kappa shape index (κ3) is 7.65. The summed E-state index contributed by atoms with van der Waals surface area (Å²) >= 11 is 23.1. The summed E-state index contributed by atoms with van der Waals surface area (Å²) in [5, 5.41) is -0.930. The molecule has 1 aromatic heterocycles. The van der Waals surface area contributed by atoms with Crippen LogP contribution < -0.4 is 10.9 Å². The van der Waals surface area contributed by atoms with E-state index >= 15 is 0 Å². The summed E-state index contributed by atoms with van der Waals surface area (Å²) in [4.78, 5) is 20.1. The van der Waals surface area contributed by atoms with E-state index in [1.807, 2.05) is 5.43 Å². The first-order valence-corrected chi connectivity index (χ1v) is 11.9. The predicted molar refractivity (Wildman–Crippen MR) is 134 cm³/mol. The van der Waals surface area contributed by atoms with Crippen molar-refractivity contribution in [3.63, 3.8) is 0 Å². The van der Waals surface area contributed by atoms with Crippen LogP contribution in [0.2, 0.25) is 20.2 Å². The number of allylic oxidation sites excluding steroid dienone is 1. The van der Waals surface area contributed by atoms with Gasteiger partial charge in [0, 0.05) is 11.6 Å². The summed E-state index contributed by atoms with van der Waals surface area (Å²) in [6.07, 6.45) is -10.2. The van der Waals surface area contributed by atoms with Gasteiger partial charge in [0.2, 0.25) is 0 Å². The Balaban J connectivity index is 1.98. The maximum Gasteiger partial charge on any atom is 0.417 e. The summed E-state index contributed by atoms with van der Waals surface area (Å²) < 4.78 is 97.6. The highest BCUT2D eigenvalue weighted by Gasteiger charge is 2.41. The van der Waals surface area contributed by atoms with E-state index in [4.69, 9.17) is 46.4 Å². The molecule has 0 aliphatic rings. The van der Waals surface area contributed by atoms with E-state index in [2.05, 4.69) is 15.4 Å². The molecular formula is C23H13Cl4F7N4O. The molecule has 1 heterocycles. The first-order chi connectivity index (χ1) is 18.0. The Morgan fingerprint density at radius 2 is 1.56 bits per heavy atom. The van der Waals surface area contributed by atoms with Crippen LogP contribution >= 0.6 is 46.4 Å². The van der Waals surface area contributed by atoms with Gasteiger partial charge >= 0.3 is 12.4 Å². The highest BCUT2D eigenvalue weighted by molar-refractivity contribution is 6.48. The zero-order chi connectivity index (χ0) is 29.3. The number of carbonyl (C=O) groups excluding carboxylic acids is 1. The van der Waals surface area contributed by atoms with E-state index in [1.165, 1.54) is 13.0 Å². The van der Waals surface area contributed by atoms with Crippen LogP contribution in [0.25, 0.3) is 5.83 Å². The molecule has 16 heteroatoms. The van der Waals surface area contributed by atoms with Crippen molar-refractivity contribution < 1.29 is 35.5 Å². The van der Waals surface area contributed by atoms with Gasteiger partial charge in [-0.25, -0.2) is 14.4 Å². The second kappa shape index (κ2) is 11.7. The van der Waals surface area contributed by atoms with Gasteiger partial charge in [-0.15, -0.1) is 0 Å². The molecule has 3 rings (SSSR count). The largest absolute Gasteiger partial charge is 0.417 e. The molecule has 0 aliphatic heterocycles. The normalized spacial score (nSPS) is 13.3. The molecule has 2 aromatic carbocycles. The second-order valence-corrected chi connectivity index (χ2v) is 9.37. The van der Waals surface area contributed by atoms with Crippen LogP contribution in [0.5, 0.6) is 0 Å². The van der Waals surface area contributed by atoms with E-state index in [0.717, 1.165) is 18.2 Å². The Labute approximate surface area is 235 Å². The fourth-order valence-electron chi connectivity index (χ4n) is 3.29. The summed E-state index contributed by atoms with van der Waals surface area (Å²) in [6, 6.07) is 4.34. The van der Waals surface area contributed by atoms with Crippen LogP contribution in [0.4, 0.5) is 36.6 Å². The number of nitrogens with one attached hydrogen (secondary N) is 2. The number of aromatic nitrogens is 2. The third-order valence-electron chi connectivity index (χ3n) is 4.99. The lowest BCUT2D eigenvalue weighted by molar-refractivity contribution is -0.140. The summed E-state index contributed by atoms with van der Waals surface area (Å²) in [6.45, 7) is 1.47. The van der Waals surface area contributed by atoms with Crippen molar-refractivity contribution in [1.82, 2.24) is 15.4 Å². The van der Waals surface area contributed by atoms with Gasteiger partial charge in [-0.3, -0.25) is 15.6 Å². The number of aryl methyl sites for hydroxylation is 1. The van der Waals surface area contributed by atoms with Gasteiger partial charge in [-0.05, 0) is 42.8 Å². The van der Waals surface area contributed by atoms with Crippen molar-refractivity contribution >= 4 is 64.0 Å². The maximum absolute atomic E-state index is 15.0. The van der Waals surface area contributed by atoms with Crippen LogP contribution in [0.3, 0.4) is 0 Å². The van der Waals surface area contributed by atoms with E-state index in [9.17, 15) is 35.5 Å². The number of carbonyl (C=O) groups is 1. The Morgan fingerprint density at radius 1 is 0.949 bits per heavy atom. The minimum absolute atomic E-state index is 0.0119. The minimum Gasteiger partial charge on any atom is -0.281 e. The van der Waals surface area contributed by atoms with Crippen molar-refractivity contribution in [2.24, 2.45) is 0 Å². The van der Waals surface area contributed by atoms with Gasteiger partial charge in [0.1, 0.15) is 28.5 Å². The number of hydrazine groups is 1. The van der Waals surface area contributed by atoms with Crippen molar-refractivity contribution in [2.45, 2.75) is 25.2 Å². The van der Waals surface area contributed by atoms with E-state index in [1.54, 1.807) is 0 Å². The van der Waals surface area contributed by atoms with Crippen LogP contribution in [0, 0.1) is 6.92 Å². The highest BCUT2D eigenvalue weighted by atomic mass is 35.5. The maximum atomic E-state index is 15.0. The molecule has 0 fully saturated rings. The second-order valence-electron chi connectivity index (χ2n) is 7.79. The van der Waals surface area contributed by atoms with Gasteiger partial charge in [0.15, 0.2) is 0 Å². The first kappa shape index (κ1) is 30.7. The molecule has 39 heavy (non-hydrogen) atoms. The molecule has 3 aromatic rings. The monoisotopic (exact) mass is 634 g/mol. The van der Waals surface area contributed by atoms with Crippen LogP contribution in [0.15, 0.2) is 42.5 Å². The lowest BCUT2D eigenvalue weighted by atomic mass is 9.95. The first-order valence-electron chi connectivity index (χ1n) is 10.3. The molecule has 0 aliphatic carbocycles. The van der Waals surface area contributed by atoms with Crippen molar-refractivity contribution in [3.05, 3.63) is 90.8 Å². The summed E-state index contributed by atoms with van der Waals surface area (Å²) in [5.74, 6) is -5.44. The number of alkyl halides is 6. The zero-order valence-electron chi connectivity index (χ0n) is 19.1. The predicted octanol–water partition coefficient (Wildman–Crippen LogP) is 8.83. The Bertz CT molecular complexity index is 1400. The van der Waals surface area contributed by atoms with Crippen LogP contribution in [0.1, 0.15) is 38.8 Å². The van der Waals surface area contributed by atoms with Crippen LogP contribution in [-0.2, 0) is 6.18 Å². The highest BCUT2D eigenvalue weighted by Crippen LogP contribution is 2.42. The fraction of sp³-hybridized carbons (Fsp3) is 0.174. The van der Waals surface area contributed by atoms with Crippen LogP contribution in [-0.4, -0.2) is 22.1 Å². The number of anilines is 1. The van der Waals surface area contributed by atoms with Gasteiger partial charge in [-0.2, -0.15) is 26.3 Å². The number of halogens is 11. The number of nitrogens with zero attached hydrogens (tertiary/aromatic N) is 2. The number of rotatable bonds is 6. The molecule has 0 bridgehead atoms. The molecule has 0 saturated heterocycles. The molecule has 208 valence electrons. The molecule has 5 nitrogen and oxygen atoms in total. The molecular weight excluding hydrogens is 623 g/mol. The van der Waals surface area contributed by atoms with E-state index in [0.29, 0.717) is 6.07 Å². The Morgan fingerprint density at radius 3 is 2.10 bits per heavy atom. The molecule has 0 radical (unpaired) electrons. The van der Waals surface area contributed by atoms with E-state index < -0.39 is 52.3 Å². The molecule has 0 saturated carbocycles. The zero-order valence-corrected chi connectivity index (χ0v) is 22.1. The Kier molecular flexibility index (Phi) is 9.26. The topological polar surface area (TPSA) is 66.9 Å². The number of hydrogen-bond acceptors (Lipinski definition) is 4. The van der Waals surface area contributed by atoms with E-state index in [-0.39, 0.29) is 44.0 Å². The summed E-state index contributed by atoms with van der Waals surface area (Å²) in [5.41, 5.74) is 0.226. The standard InChI is InChI=1S/C23H13Cl4F7N4O/c1-9-35-18(26)8-19(36-9)37-38-21(39)12-3-2-10(4-14(12)23(32,33)34)17(28)7-13(22(29,30)31)11-5-15(24)20(27)16(25)6-11/h2-8,13H,1H3,(H,38,39)(H,35,36,37). The van der Waals surface area contributed by atoms with Gasteiger partial charge in [-0.1, -0.05) is 52.5 Å².